The van der Waals surface area contributed by atoms with E-state index in [1.807, 2.05) is 37.3 Å². The smallest absolute Gasteiger partial charge is 0.225 e. The number of carbonyl (C=O) groups excluding carboxylic acids is 1. The van der Waals surface area contributed by atoms with Gasteiger partial charge in [-0.2, -0.15) is 0 Å². The molecule has 0 fully saturated rings. The molecule has 1 amide bonds. The second-order valence-corrected chi connectivity index (χ2v) is 5.81. The Balaban J connectivity index is 1.76. The summed E-state index contributed by atoms with van der Waals surface area (Å²) in [6.07, 6.45) is 3.01. The third-order valence-electron chi connectivity index (χ3n) is 3.00. The van der Waals surface area contributed by atoms with Crippen LogP contribution >= 0.6 is 11.8 Å². The predicted octanol–water partition coefficient (Wildman–Crippen LogP) is 3.47. The van der Waals surface area contributed by atoms with Crippen molar-refractivity contribution in [2.24, 2.45) is 0 Å². The zero-order chi connectivity index (χ0) is 15.1. The molecule has 0 unspecified atom stereocenters. The minimum atomic E-state index is 0.0255. The maximum Gasteiger partial charge on any atom is 0.225 e. The van der Waals surface area contributed by atoms with E-state index >= 15 is 0 Å². The van der Waals surface area contributed by atoms with Gasteiger partial charge < -0.3 is 5.32 Å². The molecule has 2 aromatic rings. The number of anilines is 1. The molecule has 21 heavy (non-hydrogen) atoms. The van der Waals surface area contributed by atoms with Gasteiger partial charge in [0.1, 0.15) is 6.33 Å². The van der Waals surface area contributed by atoms with Gasteiger partial charge in [-0.1, -0.05) is 19.1 Å². The summed E-state index contributed by atoms with van der Waals surface area (Å²) in [4.78, 5) is 20.1. The van der Waals surface area contributed by atoms with E-state index in [2.05, 4.69) is 22.2 Å². The summed E-state index contributed by atoms with van der Waals surface area (Å²) >= 11 is 1.57. The minimum absolute atomic E-state index is 0.0255. The lowest BCUT2D eigenvalue weighted by Gasteiger charge is -2.06. The first-order valence-electron chi connectivity index (χ1n) is 6.97. The van der Waals surface area contributed by atoms with Gasteiger partial charge in [-0.05, 0) is 37.1 Å². The molecule has 0 aliphatic carbocycles. The fourth-order valence-corrected chi connectivity index (χ4v) is 2.68. The van der Waals surface area contributed by atoms with Crippen molar-refractivity contribution >= 4 is 23.4 Å². The number of aryl methyl sites for hydroxylation is 2. The highest BCUT2D eigenvalue weighted by molar-refractivity contribution is 7.99. The van der Waals surface area contributed by atoms with Gasteiger partial charge in [-0.25, -0.2) is 9.97 Å². The van der Waals surface area contributed by atoms with Gasteiger partial charge in [0.15, 0.2) is 0 Å². The SMILES string of the molecule is CCc1ccc(NC(=O)CCSc2cc(C)ncn2)cc1. The Labute approximate surface area is 129 Å². The number of rotatable bonds is 6. The summed E-state index contributed by atoms with van der Waals surface area (Å²) in [6.45, 7) is 4.04. The third kappa shape index (κ3) is 5.19. The summed E-state index contributed by atoms with van der Waals surface area (Å²) in [7, 11) is 0. The van der Waals surface area contributed by atoms with Crippen molar-refractivity contribution in [3.05, 3.63) is 47.9 Å². The van der Waals surface area contributed by atoms with Crippen molar-refractivity contribution in [1.82, 2.24) is 9.97 Å². The van der Waals surface area contributed by atoms with Gasteiger partial charge in [-0.3, -0.25) is 4.79 Å². The van der Waals surface area contributed by atoms with Gasteiger partial charge in [-0.15, -0.1) is 11.8 Å². The second-order valence-electron chi connectivity index (χ2n) is 4.69. The molecule has 2 rings (SSSR count). The van der Waals surface area contributed by atoms with E-state index in [4.69, 9.17) is 0 Å². The number of hydrogen-bond donors (Lipinski definition) is 1. The van der Waals surface area contributed by atoms with E-state index in [1.54, 1.807) is 18.1 Å². The molecule has 0 saturated heterocycles. The topological polar surface area (TPSA) is 54.9 Å². The largest absolute Gasteiger partial charge is 0.326 e. The lowest BCUT2D eigenvalue weighted by Crippen LogP contribution is -2.12. The number of benzene rings is 1. The monoisotopic (exact) mass is 301 g/mol. The Kier molecular flexibility index (Phi) is 5.75. The second kappa shape index (κ2) is 7.78. The normalized spacial score (nSPS) is 10.4. The first kappa shape index (κ1) is 15.5. The molecule has 5 heteroatoms. The number of hydrogen-bond acceptors (Lipinski definition) is 4. The molecule has 1 N–H and O–H groups in total. The van der Waals surface area contributed by atoms with Crippen LogP contribution in [0.15, 0.2) is 41.7 Å². The fraction of sp³-hybridized carbons (Fsp3) is 0.312. The molecular weight excluding hydrogens is 282 g/mol. The standard InChI is InChI=1S/C16H19N3OS/c1-3-13-4-6-14(7-5-13)19-15(20)8-9-21-16-10-12(2)17-11-18-16/h4-7,10-11H,3,8-9H2,1-2H3,(H,19,20). The molecule has 0 saturated carbocycles. The summed E-state index contributed by atoms with van der Waals surface area (Å²) < 4.78 is 0. The van der Waals surface area contributed by atoms with E-state index in [0.29, 0.717) is 12.2 Å². The molecule has 1 heterocycles. The zero-order valence-corrected chi connectivity index (χ0v) is 13.1. The number of aromatic nitrogens is 2. The van der Waals surface area contributed by atoms with E-state index in [0.717, 1.165) is 22.8 Å². The van der Waals surface area contributed by atoms with E-state index < -0.39 is 0 Å². The number of nitrogens with one attached hydrogen (secondary N) is 1. The van der Waals surface area contributed by atoms with E-state index in [-0.39, 0.29) is 5.91 Å². The van der Waals surface area contributed by atoms with Crippen LogP contribution in [-0.4, -0.2) is 21.6 Å². The quantitative estimate of drug-likeness (QED) is 0.655. The number of carbonyl (C=O) groups is 1. The molecule has 0 spiro atoms. The van der Waals surface area contributed by atoms with Crippen molar-refractivity contribution in [2.45, 2.75) is 31.7 Å². The van der Waals surface area contributed by atoms with Crippen molar-refractivity contribution in [2.75, 3.05) is 11.1 Å². The molecule has 1 aromatic carbocycles. The number of thioether (sulfide) groups is 1. The average Bonchev–Trinajstić information content (AvgIpc) is 2.48. The Morgan fingerprint density at radius 3 is 2.67 bits per heavy atom. The average molecular weight is 301 g/mol. The maximum atomic E-state index is 11.9. The minimum Gasteiger partial charge on any atom is -0.326 e. The number of nitrogens with zero attached hydrogens (tertiary/aromatic N) is 2. The van der Waals surface area contributed by atoms with Crippen LogP contribution < -0.4 is 5.32 Å². The molecule has 0 bridgehead atoms. The molecule has 4 nitrogen and oxygen atoms in total. The fourth-order valence-electron chi connectivity index (χ4n) is 1.80. The lowest BCUT2D eigenvalue weighted by atomic mass is 10.1. The van der Waals surface area contributed by atoms with E-state index in [9.17, 15) is 4.79 Å². The number of amides is 1. The Hall–Kier alpha value is -1.88. The molecule has 0 atom stereocenters. The first-order valence-corrected chi connectivity index (χ1v) is 7.96. The molecule has 0 radical (unpaired) electrons. The van der Waals surface area contributed by atoms with Gasteiger partial charge in [0.05, 0.1) is 5.03 Å². The lowest BCUT2D eigenvalue weighted by molar-refractivity contribution is -0.115. The Morgan fingerprint density at radius 2 is 2.00 bits per heavy atom. The van der Waals surface area contributed by atoms with Gasteiger partial charge in [0, 0.05) is 23.6 Å². The van der Waals surface area contributed by atoms with Crippen molar-refractivity contribution < 1.29 is 4.79 Å². The highest BCUT2D eigenvalue weighted by Gasteiger charge is 2.04. The maximum absolute atomic E-state index is 11.9. The van der Waals surface area contributed by atoms with Crippen LogP contribution in [-0.2, 0) is 11.2 Å². The Morgan fingerprint density at radius 1 is 1.24 bits per heavy atom. The molecule has 0 aliphatic heterocycles. The third-order valence-corrected chi connectivity index (χ3v) is 3.93. The predicted molar refractivity (Wildman–Crippen MR) is 86.6 cm³/mol. The van der Waals surface area contributed by atoms with Crippen molar-refractivity contribution in [3.8, 4) is 0 Å². The molecule has 0 aliphatic rings. The first-order chi connectivity index (χ1) is 10.2. The Bertz CT molecular complexity index is 599. The van der Waals surface area contributed by atoms with Gasteiger partial charge in [0.2, 0.25) is 5.91 Å². The van der Waals surface area contributed by atoms with Crippen LogP contribution in [0.2, 0.25) is 0 Å². The summed E-state index contributed by atoms with van der Waals surface area (Å²) in [5.41, 5.74) is 3.05. The van der Waals surface area contributed by atoms with Crippen LogP contribution in [0.1, 0.15) is 24.6 Å². The van der Waals surface area contributed by atoms with Gasteiger partial charge >= 0.3 is 0 Å². The molecule has 110 valence electrons. The molecule has 1 aromatic heterocycles. The van der Waals surface area contributed by atoms with Crippen molar-refractivity contribution in [1.29, 1.82) is 0 Å². The van der Waals surface area contributed by atoms with Crippen molar-refractivity contribution in [3.63, 3.8) is 0 Å². The van der Waals surface area contributed by atoms with Crippen LogP contribution in [0.3, 0.4) is 0 Å². The summed E-state index contributed by atoms with van der Waals surface area (Å²) in [5.74, 6) is 0.729. The summed E-state index contributed by atoms with van der Waals surface area (Å²) in [6, 6.07) is 9.88. The van der Waals surface area contributed by atoms with Crippen LogP contribution in [0, 0.1) is 6.92 Å². The summed E-state index contributed by atoms with van der Waals surface area (Å²) in [5, 5.41) is 3.81. The van der Waals surface area contributed by atoms with Crippen LogP contribution in [0.25, 0.3) is 0 Å². The highest BCUT2D eigenvalue weighted by Crippen LogP contribution is 2.16. The highest BCUT2D eigenvalue weighted by atomic mass is 32.2. The zero-order valence-electron chi connectivity index (χ0n) is 12.3. The van der Waals surface area contributed by atoms with E-state index in [1.165, 1.54) is 5.56 Å². The van der Waals surface area contributed by atoms with Crippen LogP contribution in [0.5, 0.6) is 0 Å². The molecular formula is C16H19N3OS. The van der Waals surface area contributed by atoms with Gasteiger partial charge in [0.25, 0.3) is 0 Å². The van der Waals surface area contributed by atoms with Crippen LogP contribution in [0.4, 0.5) is 5.69 Å².